The van der Waals surface area contributed by atoms with Crippen LogP contribution < -0.4 is 0 Å². The summed E-state index contributed by atoms with van der Waals surface area (Å²) in [4.78, 5) is 1.25. The van der Waals surface area contributed by atoms with Gasteiger partial charge < -0.3 is 0 Å². The summed E-state index contributed by atoms with van der Waals surface area (Å²) in [7, 11) is 0. The molecule has 0 fully saturated rings. The summed E-state index contributed by atoms with van der Waals surface area (Å²) in [6, 6.07) is 0. The maximum absolute atomic E-state index is 4.09. The Balaban J connectivity index is 3.53. The van der Waals surface area contributed by atoms with E-state index in [0.29, 0.717) is 0 Å². The van der Waals surface area contributed by atoms with E-state index in [1.165, 1.54) is 4.91 Å². The number of hydrogen-bond acceptors (Lipinski definition) is 2. The van der Waals surface area contributed by atoms with Gasteiger partial charge in [-0.3, -0.25) is 0 Å². The molecule has 0 rings (SSSR count). The standard InChI is InChI=1S/C6H10S2/c1-3-6(5-7)8-4-2/h3-4,7H,2,5H2,1H3/b6-3-. The van der Waals surface area contributed by atoms with Crippen molar-refractivity contribution in [2.24, 2.45) is 0 Å². The van der Waals surface area contributed by atoms with Crippen LogP contribution in [0.1, 0.15) is 6.92 Å². The van der Waals surface area contributed by atoms with Crippen LogP contribution in [0.15, 0.2) is 23.0 Å². The number of rotatable bonds is 3. The SMILES string of the molecule is C=CS/C(=C\C)CS. The number of allylic oxidation sites excluding steroid dienone is 1. The Labute approximate surface area is 60.5 Å². The largest absolute Gasteiger partial charge is 0.174 e. The highest BCUT2D eigenvalue weighted by molar-refractivity contribution is 8.06. The molecule has 0 atom stereocenters. The summed E-state index contributed by atoms with van der Waals surface area (Å²) < 4.78 is 0. The van der Waals surface area contributed by atoms with Crippen molar-refractivity contribution in [3.63, 3.8) is 0 Å². The van der Waals surface area contributed by atoms with Gasteiger partial charge in [-0.2, -0.15) is 12.6 Å². The zero-order valence-corrected chi connectivity index (χ0v) is 6.64. The zero-order chi connectivity index (χ0) is 6.41. The molecule has 0 radical (unpaired) electrons. The van der Waals surface area contributed by atoms with E-state index >= 15 is 0 Å². The van der Waals surface area contributed by atoms with Crippen LogP contribution in [0.25, 0.3) is 0 Å². The Kier molecular flexibility index (Phi) is 5.44. The highest BCUT2D eigenvalue weighted by Gasteiger charge is 1.85. The van der Waals surface area contributed by atoms with Gasteiger partial charge in [0.05, 0.1) is 0 Å². The molecule has 0 nitrogen and oxygen atoms in total. The highest BCUT2D eigenvalue weighted by Crippen LogP contribution is 2.16. The lowest BCUT2D eigenvalue weighted by atomic mass is 10.6. The molecule has 0 aromatic carbocycles. The van der Waals surface area contributed by atoms with E-state index in [9.17, 15) is 0 Å². The first kappa shape index (κ1) is 8.18. The first-order valence-electron chi connectivity index (χ1n) is 2.38. The predicted molar refractivity (Wildman–Crippen MR) is 45.4 cm³/mol. The molecule has 46 valence electrons. The fourth-order valence-corrected chi connectivity index (χ4v) is 1.13. The van der Waals surface area contributed by atoms with Crippen LogP contribution in [0.3, 0.4) is 0 Å². The summed E-state index contributed by atoms with van der Waals surface area (Å²) >= 11 is 5.72. The molecular weight excluding hydrogens is 136 g/mol. The maximum Gasteiger partial charge on any atom is 0.0214 e. The molecule has 0 aliphatic rings. The maximum atomic E-state index is 4.09. The van der Waals surface area contributed by atoms with Crippen LogP contribution in [0.4, 0.5) is 0 Å². The van der Waals surface area contributed by atoms with E-state index in [2.05, 4.69) is 19.2 Å². The van der Waals surface area contributed by atoms with Gasteiger partial charge in [0.2, 0.25) is 0 Å². The van der Waals surface area contributed by atoms with Crippen molar-refractivity contribution in [1.82, 2.24) is 0 Å². The monoisotopic (exact) mass is 146 g/mol. The first-order valence-corrected chi connectivity index (χ1v) is 3.90. The lowest BCUT2D eigenvalue weighted by molar-refractivity contribution is 1.62. The van der Waals surface area contributed by atoms with Gasteiger partial charge in [0.15, 0.2) is 0 Å². The van der Waals surface area contributed by atoms with Crippen molar-refractivity contribution in [3.05, 3.63) is 23.0 Å². The number of thiol groups is 1. The van der Waals surface area contributed by atoms with Gasteiger partial charge in [0.1, 0.15) is 0 Å². The molecule has 0 amide bonds. The minimum atomic E-state index is 0.813. The van der Waals surface area contributed by atoms with Crippen molar-refractivity contribution in [2.75, 3.05) is 5.75 Å². The fourth-order valence-electron chi connectivity index (χ4n) is 0.304. The Morgan fingerprint density at radius 2 is 2.50 bits per heavy atom. The minimum Gasteiger partial charge on any atom is -0.174 e. The van der Waals surface area contributed by atoms with E-state index in [1.54, 1.807) is 11.8 Å². The van der Waals surface area contributed by atoms with Gasteiger partial charge in [-0.1, -0.05) is 12.7 Å². The topological polar surface area (TPSA) is 0 Å². The van der Waals surface area contributed by atoms with Gasteiger partial charge in [-0.25, -0.2) is 0 Å². The molecule has 0 aliphatic carbocycles. The molecular formula is C6H10S2. The Morgan fingerprint density at radius 3 is 2.62 bits per heavy atom. The van der Waals surface area contributed by atoms with Crippen molar-refractivity contribution >= 4 is 24.4 Å². The summed E-state index contributed by atoms with van der Waals surface area (Å²) in [6.45, 7) is 5.59. The van der Waals surface area contributed by atoms with Crippen molar-refractivity contribution < 1.29 is 0 Å². The average molecular weight is 146 g/mol. The quantitative estimate of drug-likeness (QED) is 0.597. The Bertz CT molecular complexity index is 94.7. The molecule has 2 heteroatoms. The number of hydrogen-bond donors (Lipinski definition) is 1. The second-order valence-corrected chi connectivity index (χ2v) is 2.61. The van der Waals surface area contributed by atoms with Crippen LogP contribution in [-0.2, 0) is 0 Å². The molecule has 0 N–H and O–H groups in total. The van der Waals surface area contributed by atoms with Crippen molar-refractivity contribution in [3.8, 4) is 0 Å². The second kappa shape index (κ2) is 5.32. The molecule has 0 saturated carbocycles. The average Bonchev–Trinajstić information content (AvgIpc) is 1.83. The van der Waals surface area contributed by atoms with Crippen molar-refractivity contribution in [1.29, 1.82) is 0 Å². The predicted octanol–water partition coefficient (Wildman–Crippen LogP) is 2.70. The lowest BCUT2D eigenvalue weighted by Gasteiger charge is -1.93. The first-order chi connectivity index (χ1) is 3.85. The fraction of sp³-hybridized carbons (Fsp3) is 0.333. The van der Waals surface area contributed by atoms with Crippen LogP contribution in [-0.4, -0.2) is 5.75 Å². The molecule has 0 spiro atoms. The van der Waals surface area contributed by atoms with E-state index in [4.69, 9.17) is 0 Å². The molecule has 0 aliphatic heterocycles. The summed E-state index contributed by atoms with van der Waals surface area (Å²) in [5, 5.41) is 1.81. The molecule has 8 heavy (non-hydrogen) atoms. The van der Waals surface area contributed by atoms with E-state index in [-0.39, 0.29) is 0 Å². The van der Waals surface area contributed by atoms with Crippen molar-refractivity contribution in [2.45, 2.75) is 6.92 Å². The zero-order valence-electron chi connectivity index (χ0n) is 4.92. The second-order valence-electron chi connectivity index (χ2n) is 1.20. The van der Waals surface area contributed by atoms with Gasteiger partial charge >= 0.3 is 0 Å². The summed E-state index contributed by atoms with van der Waals surface area (Å²) in [5.74, 6) is 0.813. The third-order valence-electron chi connectivity index (χ3n) is 0.713. The van der Waals surface area contributed by atoms with Gasteiger partial charge in [0, 0.05) is 5.75 Å². The normalized spacial score (nSPS) is 11.5. The summed E-state index contributed by atoms with van der Waals surface area (Å²) in [6.07, 6.45) is 2.04. The molecule has 0 bridgehead atoms. The minimum absolute atomic E-state index is 0.813. The van der Waals surface area contributed by atoms with E-state index in [1.807, 2.05) is 18.4 Å². The van der Waals surface area contributed by atoms with Crippen LogP contribution >= 0.6 is 24.4 Å². The van der Waals surface area contributed by atoms with Crippen LogP contribution in [0, 0.1) is 0 Å². The smallest absolute Gasteiger partial charge is 0.0214 e. The van der Waals surface area contributed by atoms with Gasteiger partial charge in [-0.15, -0.1) is 11.8 Å². The van der Waals surface area contributed by atoms with Crippen LogP contribution in [0.5, 0.6) is 0 Å². The highest BCUT2D eigenvalue weighted by atomic mass is 32.2. The molecule has 0 heterocycles. The molecule has 0 unspecified atom stereocenters. The van der Waals surface area contributed by atoms with Crippen LogP contribution in [0.2, 0.25) is 0 Å². The molecule has 0 saturated heterocycles. The third kappa shape index (κ3) is 3.22. The van der Waals surface area contributed by atoms with E-state index in [0.717, 1.165) is 5.75 Å². The molecule has 0 aromatic heterocycles. The number of thioether (sulfide) groups is 1. The van der Waals surface area contributed by atoms with Gasteiger partial charge in [0.25, 0.3) is 0 Å². The Morgan fingerprint density at radius 1 is 1.88 bits per heavy atom. The van der Waals surface area contributed by atoms with Gasteiger partial charge in [-0.05, 0) is 17.2 Å². The molecule has 0 aromatic rings. The van der Waals surface area contributed by atoms with E-state index < -0.39 is 0 Å². The Hall–Kier alpha value is 0.180. The lowest BCUT2D eigenvalue weighted by Crippen LogP contribution is -1.71. The third-order valence-corrected chi connectivity index (χ3v) is 2.12. The summed E-state index contributed by atoms with van der Waals surface area (Å²) in [5.41, 5.74) is 0.